The minimum absolute atomic E-state index is 0.0868. The fourth-order valence-corrected chi connectivity index (χ4v) is 3.96. The largest absolute Gasteiger partial charge is 0.340 e. The quantitative estimate of drug-likeness (QED) is 0.648. The molecule has 5 heteroatoms. The van der Waals surface area contributed by atoms with Crippen LogP contribution >= 0.6 is 0 Å². The van der Waals surface area contributed by atoms with Crippen LogP contribution in [0.4, 0.5) is 0 Å². The van der Waals surface area contributed by atoms with Gasteiger partial charge in [-0.1, -0.05) is 36.4 Å². The number of aromatic nitrogens is 2. The third-order valence-electron chi connectivity index (χ3n) is 5.56. The number of amides is 1. The Morgan fingerprint density at radius 3 is 2.66 bits per heavy atom. The lowest BCUT2D eigenvalue weighted by Crippen LogP contribution is -2.31. The summed E-state index contributed by atoms with van der Waals surface area (Å²) in [6, 6.07) is 20.6. The molecule has 0 atom stereocenters. The van der Waals surface area contributed by atoms with Crippen molar-refractivity contribution < 1.29 is 4.79 Å². The van der Waals surface area contributed by atoms with Crippen LogP contribution in [0.15, 0.2) is 66.9 Å². The molecule has 2 aromatic heterocycles. The Labute approximate surface area is 172 Å². The number of nitrogens with zero attached hydrogens (tertiary/aromatic N) is 4. The van der Waals surface area contributed by atoms with E-state index in [-0.39, 0.29) is 5.91 Å². The second-order valence-corrected chi connectivity index (χ2v) is 7.71. The predicted molar refractivity (Wildman–Crippen MR) is 115 cm³/mol. The molecule has 29 heavy (non-hydrogen) atoms. The fraction of sp³-hybridized carbons (Fsp3) is 0.333. The molecular weight excluding hydrogens is 360 g/mol. The van der Waals surface area contributed by atoms with E-state index in [1.54, 1.807) is 6.20 Å². The summed E-state index contributed by atoms with van der Waals surface area (Å²) >= 11 is 0. The topological polar surface area (TPSA) is 41.4 Å². The van der Waals surface area contributed by atoms with Gasteiger partial charge in [-0.05, 0) is 36.2 Å². The highest BCUT2D eigenvalue weighted by molar-refractivity contribution is 5.92. The van der Waals surface area contributed by atoms with Crippen molar-refractivity contribution in [2.75, 3.05) is 20.1 Å². The lowest BCUT2D eigenvalue weighted by Gasteiger charge is -2.20. The molecule has 0 spiro atoms. The van der Waals surface area contributed by atoms with Gasteiger partial charge in [0, 0.05) is 63.8 Å². The third-order valence-corrected chi connectivity index (χ3v) is 5.56. The molecule has 0 N–H and O–H groups in total. The summed E-state index contributed by atoms with van der Waals surface area (Å²) in [6.07, 6.45) is 3.61. The highest BCUT2D eigenvalue weighted by Crippen LogP contribution is 2.20. The Hall–Kier alpha value is -2.92. The number of carbonyl (C=O) groups excluding carboxylic acids is 1. The molecule has 4 rings (SSSR count). The molecule has 0 unspecified atom stereocenters. The van der Waals surface area contributed by atoms with E-state index in [1.807, 2.05) is 36.2 Å². The monoisotopic (exact) mass is 388 g/mol. The van der Waals surface area contributed by atoms with Crippen LogP contribution in [0.5, 0.6) is 0 Å². The van der Waals surface area contributed by atoms with Crippen molar-refractivity contribution in [3.8, 4) is 0 Å². The van der Waals surface area contributed by atoms with Crippen molar-refractivity contribution in [3.05, 3.63) is 89.5 Å². The van der Waals surface area contributed by atoms with Crippen molar-refractivity contribution in [3.63, 3.8) is 0 Å². The average molecular weight is 389 g/mol. The molecule has 1 amide bonds. The normalized spacial score (nSPS) is 14.2. The second kappa shape index (κ2) is 9.05. The molecule has 0 bridgehead atoms. The van der Waals surface area contributed by atoms with Crippen molar-refractivity contribution in [2.45, 2.75) is 32.5 Å². The van der Waals surface area contributed by atoms with Crippen LogP contribution in [0.2, 0.25) is 0 Å². The van der Waals surface area contributed by atoms with E-state index < -0.39 is 0 Å². The van der Waals surface area contributed by atoms with Gasteiger partial charge in [0.1, 0.15) is 5.69 Å². The van der Waals surface area contributed by atoms with E-state index in [1.165, 1.54) is 11.3 Å². The maximum absolute atomic E-state index is 13.1. The number of hydrogen-bond donors (Lipinski definition) is 0. The van der Waals surface area contributed by atoms with Gasteiger partial charge in [-0.3, -0.25) is 14.7 Å². The van der Waals surface area contributed by atoms with Crippen LogP contribution in [0, 0.1) is 0 Å². The summed E-state index contributed by atoms with van der Waals surface area (Å²) in [6.45, 7) is 4.41. The van der Waals surface area contributed by atoms with Crippen LogP contribution in [0.25, 0.3) is 0 Å². The van der Waals surface area contributed by atoms with Crippen LogP contribution in [0.3, 0.4) is 0 Å². The Morgan fingerprint density at radius 2 is 1.86 bits per heavy atom. The van der Waals surface area contributed by atoms with Crippen molar-refractivity contribution in [1.29, 1.82) is 0 Å². The molecule has 1 aliphatic rings. The van der Waals surface area contributed by atoms with Gasteiger partial charge in [0.25, 0.3) is 5.91 Å². The molecule has 3 aromatic rings. The number of fused-ring (bicyclic) bond motifs is 1. The van der Waals surface area contributed by atoms with Gasteiger partial charge in [-0.25, -0.2) is 0 Å². The first-order chi connectivity index (χ1) is 14.2. The van der Waals surface area contributed by atoms with Crippen LogP contribution in [0.1, 0.15) is 33.9 Å². The van der Waals surface area contributed by atoms with Crippen molar-refractivity contribution in [2.24, 2.45) is 0 Å². The second-order valence-electron chi connectivity index (χ2n) is 7.71. The molecule has 150 valence electrons. The van der Waals surface area contributed by atoms with E-state index in [0.717, 1.165) is 50.4 Å². The van der Waals surface area contributed by atoms with Crippen LogP contribution in [-0.4, -0.2) is 45.4 Å². The highest BCUT2D eigenvalue weighted by atomic mass is 16.2. The maximum Gasteiger partial charge on any atom is 0.270 e. The summed E-state index contributed by atoms with van der Waals surface area (Å²) in [4.78, 5) is 21.7. The lowest BCUT2D eigenvalue weighted by atomic mass is 10.2. The van der Waals surface area contributed by atoms with E-state index in [0.29, 0.717) is 6.54 Å². The summed E-state index contributed by atoms with van der Waals surface area (Å²) in [5.74, 6) is 0.0868. The van der Waals surface area contributed by atoms with Gasteiger partial charge in [-0.2, -0.15) is 0 Å². The molecule has 5 nitrogen and oxygen atoms in total. The SMILES string of the molecule is CN(CCc1ccccn1)C(=O)c1ccc2n1CCCN(Cc1ccccc1)C2. The molecular formula is C24H28N4O. The molecule has 0 fully saturated rings. The van der Waals surface area contributed by atoms with E-state index in [2.05, 4.69) is 50.8 Å². The minimum atomic E-state index is 0.0868. The Kier molecular flexibility index (Phi) is 6.06. The van der Waals surface area contributed by atoms with Gasteiger partial charge in [0.2, 0.25) is 0 Å². The number of hydrogen-bond acceptors (Lipinski definition) is 3. The first-order valence-corrected chi connectivity index (χ1v) is 10.3. The van der Waals surface area contributed by atoms with Crippen molar-refractivity contribution >= 4 is 5.91 Å². The maximum atomic E-state index is 13.1. The molecule has 0 saturated carbocycles. The molecule has 1 aromatic carbocycles. The number of pyridine rings is 1. The minimum Gasteiger partial charge on any atom is -0.340 e. The number of carbonyl (C=O) groups is 1. The first-order valence-electron chi connectivity index (χ1n) is 10.3. The zero-order chi connectivity index (χ0) is 20.1. The third kappa shape index (κ3) is 4.74. The lowest BCUT2D eigenvalue weighted by molar-refractivity contribution is 0.0785. The molecule has 0 saturated heterocycles. The first kappa shape index (κ1) is 19.4. The number of benzene rings is 1. The Balaban J connectivity index is 1.42. The van der Waals surface area contributed by atoms with E-state index >= 15 is 0 Å². The van der Waals surface area contributed by atoms with Gasteiger partial charge >= 0.3 is 0 Å². The zero-order valence-corrected chi connectivity index (χ0v) is 17.0. The van der Waals surface area contributed by atoms with Crippen molar-refractivity contribution in [1.82, 2.24) is 19.4 Å². The molecule has 3 heterocycles. The Bertz CT molecular complexity index is 936. The molecule has 0 radical (unpaired) electrons. The smallest absolute Gasteiger partial charge is 0.270 e. The molecule has 0 aliphatic carbocycles. The number of rotatable bonds is 6. The summed E-state index contributed by atoms with van der Waals surface area (Å²) in [5.41, 5.74) is 4.36. The van der Waals surface area contributed by atoms with E-state index in [4.69, 9.17) is 0 Å². The van der Waals surface area contributed by atoms with Crippen LogP contribution in [-0.2, 0) is 26.1 Å². The molecule has 1 aliphatic heterocycles. The van der Waals surface area contributed by atoms with Crippen LogP contribution < -0.4 is 0 Å². The highest BCUT2D eigenvalue weighted by Gasteiger charge is 2.22. The average Bonchev–Trinajstić information content (AvgIpc) is 3.04. The predicted octanol–water partition coefficient (Wildman–Crippen LogP) is 3.60. The number of likely N-dealkylation sites (N-methyl/N-ethyl adjacent to an activating group) is 1. The summed E-state index contributed by atoms with van der Waals surface area (Å²) in [7, 11) is 1.88. The summed E-state index contributed by atoms with van der Waals surface area (Å²) < 4.78 is 2.21. The van der Waals surface area contributed by atoms with Gasteiger partial charge in [-0.15, -0.1) is 0 Å². The fourth-order valence-electron chi connectivity index (χ4n) is 3.96. The standard InChI is InChI=1S/C24H28N4O/c1-26(17-13-21-10-5-6-14-25-21)24(29)23-12-11-22-19-27(15-7-16-28(22)23)18-20-8-3-2-4-9-20/h2-6,8-12,14H,7,13,15-19H2,1H3. The van der Waals surface area contributed by atoms with Gasteiger partial charge in [0.05, 0.1) is 0 Å². The van der Waals surface area contributed by atoms with Gasteiger partial charge < -0.3 is 9.47 Å². The Morgan fingerprint density at radius 1 is 1.03 bits per heavy atom. The van der Waals surface area contributed by atoms with Gasteiger partial charge in [0.15, 0.2) is 0 Å². The summed E-state index contributed by atoms with van der Waals surface area (Å²) in [5, 5.41) is 0. The van der Waals surface area contributed by atoms with E-state index in [9.17, 15) is 4.79 Å². The zero-order valence-electron chi connectivity index (χ0n) is 17.0.